The van der Waals surface area contributed by atoms with Gasteiger partial charge in [0.25, 0.3) is 5.91 Å². The molecule has 1 aromatic rings. The molecule has 0 spiro atoms. The number of carbonyl (C=O) groups excluding carboxylic acids is 2. The van der Waals surface area contributed by atoms with Gasteiger partial charge in [0.15, 0.2) is 12.0 Å². The Bertz CT molecular complexity index is 619. The van der Waals surface area contributed by atoms with Gasteiger partial charge in [-0.2, -0.15) is 0 Å². The fraction of sp³-hybridized carbons (Fsp3) is 0.556. The van der Waals surface area contributed by atoms with E-state index < -0.39 is 0 Å². The van der Waals surface area contributed by atoms with Crippen LogP contribution in [0.5, 0.6) is 5.75 Å². The first-order chi connectivity index (χ1) is 10.7. The molecule has 3 aliphatic rings. The van der Waals surface area contributed by atoms with Crippen LogP contribution in [0, 0.1) is 5.92 Å². The van der Waals surface area contributed by atoms with Gasteiger partial charge in [0.2, 0.25) is 0 Å². The van der Waals surface area contributed by atoms with E-state index in [9.17, 15) is 9.59 Å². The first kappa shape index (κ1) is 13.8. The van der Waals surface area contributed by atoms with E-state index in [1.54, 1.807) is 23.1 Å². The molecular weight excluding hydrogens is 278 g/mol. The van der Waals surface area contributed by atoms with Crippen molar-refractivity contribution in [3.05, 3.63) is 29.3 Å². The minimum Gasteiger partial charge on any atom is -0.470 e. The van der Waals surface area contributed by atoms with Crippen molar-refractivity contribution in [2.75, 3.05) is 6.54 Å². The Morgan fingerprint density at radius 2 is 1.91 bits per heavy atom. The highest BCUT2D eigenvalue weighted by Crippen LogP contribution is 2.35. The van der Waals surface area contributed by atoms with Crippen molar-refractivity contribution in [2.45, 2.75) is 51.2 Å². The summed E-state index contributed by atoms with van der Waals surface area (Å²) in [5, 5.41) is 0. The van der Waals surface area contributed by atoms with Gasteiger partial charge in [0.05, 0.1) is 5.56 Å². The van der Waals surface area contributed by atoms with Crippen LogP contribution in [0.1, 0.15) is 65.7 Å². The molecule has 2 aliphatic heterocycles. The molecule has 0 N–H and O–H groups in total. The molecule has 1 unspecified atom stereocenters. The fourth-order valence-electron chi connectivity index (χ4n) is 3.94. The van der Waals surface area contributed by atoms with Crippen molar-refractivity contribution in [1.29, 1.82) is 0 Å². The molecule has 2 fully saturated rings. The lowest BCUT2D eigenvalue weighted by atomic mass is 9.83. The quantitative estimate of drug-likeness (QED) is 0.786. The molecule has 0 radical (unpaired) electrons. The third-order valence-corrected chi connectivity index (χ3v) is 5.19. The zero-order valence-electron chi connectivity index (χ0n) is 12.7. The van der Waals surface area contributed by atoms with E-state index in [1.165, 1.54) is 6.42 Å². The SMILES string of the molecule is O=C(c1ccc2c(c1)OC1CCCN1C2=O)C1CCCCC1. The zero-order chi connectivity index (χ0) is 15.1. The molecule has 0 bridgehead atoms. The molecular formula is C18H21NO3. The molecule has 2 heterocycles. The summed E-state index contributed by atoms with van der Waals surface area (Å²) in [7, 11) is 0. The van der Waals surface area contributed by atoms with Crippen LogP contribution in [0.2, 0.25) is 0 Å². The van der Waals surface area contributed by atoms with E-state index in [4.69, 9.17) is 4.74 Å². The van der Waals surface area contributed by atoms with Gasteiger partial charge >= 0.3 is 0 Å². The number of rotatable bonds is 2. The second-order valence-corrected chi connectivity index (χ2v) is 6.62. The van der Waals surface area contributed by atoms with Crippen LogP contribution in [0.4, 0.5) is 0 Å². The van der Waals surface area contributed by atoms with Crippen LogP contribution in [-0.4, -0.2) is 29.4 Å². The molecule has 1 amide bonds. The topological polar surface area (TPSA) is 46.6 Å². The summed E-state index contributed by atoms with van der Waals surface area (Å²) in [6.45, 7) is 0.770. The third kappa shape index (κ3) is 2.21. The van der Waals surface area contributed by atoms with E-state index in [-0.39, 0.29) is 23.8 Å². The van der Waals surface area contributed by atoms with E-state index in [2.05, 4.69) is 0 Å². The first-order valence-corrected chi connectivity index (χ1v) is 8.40. The summed E-state index contributed by atoms with van der Waals surface area (Å²) in [4.78, 5) is 26.9. The first-order valence-electron chi connectivity index (χ1n) is 8.40. The van der Waals surface area contributed by atoms with Gasteiger partial charge in [0, 0.05) is 24.4 Å². The lowest BCUT2D eigenvalue weighted by Crippen LogP contribution is -2.43. The monoisotopic (exact) mass is 299 g/mol. The molecule has 1 saturated carbocycles. The normalized spacial score (nSPS) is 24.6. The van der Waals surface area contributed by atoms with Gasteiger partial charge in [-0.25, -0.2) is 0 Å². The lowest BCUT2D eigenvalue weighted by Gasteiger charge is -2.31. The van der Waals surface area contributed by atoms with Crippen LogP contribution in [0.15, 0.2) is 18.2 Å². The number of nitrogens with zero attached hydrogens (tertiary/aromatic N) is 1. The number of ether oxygens (including phenoxy) is 1. The van der Waals surface area contributed by atoms with E-state index in [1.807, 2.05) is 0 Å². The summed E-state index contributed by atoms with van der Waals surface area (Å²) in [5.41, 5.74) is 1.29. The van der Waals surface area contributed by atoms with Crippen LogP contribution in [0.25, 0.3) is 0 Å². The average Bonchev–Trinajstić information content (AvgIpc) is 3.03. The van der Waals surface area contributed by atoms with Gasteiger partial charge in [-0.1, -0.05) is 25.3 Å². The predicted octanol–water partition coefficient (Wildman–Crippen LogP) is 3.40. The predicted molar refractivity (Wildman–Crippen MR) is 82.0 cm³/mol. The fourth-order valence-corrected chi connectivity index (χ4v) is 3.94. The van der Waals surface area contributed by atoms with Gasteiger partial charge in [0.1, 0.15) is 5.75 Å². The minimum absolute atomic E-state index is 0.0421. The highest BCUT2D eigenvalue weighted by molar-refractivity contribution is 6.02. The number of fused-ring (bicyclic) bond motifs is 2. The Labute approximate surface area is 130 Å². The number of carbonyl (C=O) groups is 2. The molecule has 4 heteroatoms. The Balaban J connectivity index is 1.61. The Morgan fingerprint density at radius 3 is 2.73 bits per heavy atom. The minimum atomic E-state index is -0.139. The highest BCUT2D eigenvalue weighted by atomic mass is 16.5. The Morgan fingerprint density at radius 1 is 1.09 bits per heavy atom. The standard InChI is InChI=1S/C18H21NO3/c20-17(12-5-2-1-3-6-12)13-8-9-14-15(11-13)22-16-7-4-10-19(16)18(14)21/h8-9,11-12,16H,1-7,10H2. The van der Waals surface area contributed by atoms with Gasteiger partial charge in [-0.3, -0.25) is 9.59 Å². The van der Waals surface area contributed by atoms with Crippen molar-refractivity contribution in [2.24, 2.45) is 5.92 Å². The second-order valence-electron chi connectivity index (χ2n) is 6.62. The van der Waals surface area contributed by atoms with Crippen molar-refractivity contribution in [3.63, 3.8) is 0 Å². The molecule has 4 rings (SSSR count). The van der Waals surface area contributed by atoms with E-state index in [0.29, 0.717) is 16.9 Å². The van der Waals surface area contributed by atoms with Crippen molar-refractivity contribution in [1.82, 2.24) is 4.90 Å². The third-order valence-electron chi connectivity index (χ3n) is 5.19. The molecule has 1 aliphatic carbocycles. The van der Waals surface area contributed by atoms with Crippen LogP contribution < -0.4 is 4.74 Å². The summed E-state index contributed by atoms with van der Waals surface area (Å²) < 4.78 is 5.96. The highest BCUT2D eigenvalue weighted by Gasteiger charge is 2.37. The number of hydrogen-bond acceptors (Lipinski definition) is 3. The van der Waals surface area contributed by atoms with E-state index >= 15 is 0 Å². The Kier molecular flexibility index (Phi) is 3.40. The summed E-state index contributed by atoms with van der Waals surface area (Å²) >= 11 is 0. The molecule has 0 aromatic heterocycles. The maximum atomic E-state index is 12.6. The van der Waals surface area contributed by atoms with Gasteiger partial charge in [-0.15, -0.1) is 0 Å². The Hall–Kier alpha value is -1.84. The zero-order valence-corrected chi connectivity index (χ0v) is 12.7. The average molecular weight is 299 g/mol. The van der Waals surface area contributed by atoms with Crippen LogP contribution in [-0.2, 0) is 0 Å². The maximum Gasteiger partial charge on any atom is 0.260 e. The number of hydrogen-bond donors (Lipinski definition) is 0. The van der Waals surface area contributed by atoms with Crippen molar-refractivity contribution >= 4 is 11.7 Å². The van der Waals surface area contributed by atoms with Crippen molar-refractivity contribution in [3.8, 4) is 5.75 Å². The lowest BCUT2D eigenvalue weighted by molar-refractivity contribution is 0.0293. The summed E-state index contributed by atoms with van der Waals surface area (Å²) in [6, 6.07) is 5.36. The number of ketones is 1. The molecule has 1 aromatic carbocycles. The van der Waals surface area contributed by atoms with Crippen molar-refractivity contribution < 1.29 is 14.3 Å². The summed E-state index contributed by atoms with van der Waals surface area (Å²) in [5.74, 6) is 0.997. The molecule has 1 saturated heterocycles. The van der Waals surface area contributed by atoms with E-state index in [0.717, 1.165) is 45.1 Å². The van der Waals surface area contributed by atoms with Gasteiger partial charge < -0.3 is 9.64 Å². The largest absolute Gasteiger partial charge is 0.470 e. The molecule has 4 nitrogen and oxygen atoms in total. The maximum absolute atomic E-state index is 12.6. The number of benzene rings is 1. The molecule has 116 valence electrons. The van der Waals surface area contributed by atoms with Crippen LogP contribution >= 0.6 is 0 Å². The number of amides is 1. The van der Waals surface area contributed by atoms with Gasteiger partial charge in [-0.05, 0) is 31.4 Å². The second kappa shape index (κ2) is 5.41. The summed E-state index contributed by atoms with van der Waals surface area (Å²) in [6.07, 6.45) is 7.24. The molecule has 22 heavy (non-hydrogen) atoms. The van der Waals surface area contributed by atoms with Crippen LogP contribution in [0.3, 0.4) is 0 Å². The number of Topliss-reactive ketones (excluding diaryl/α,β-unsaturated/α-hetero) is 1. The smallest absolute Gasteiger partial charge is 0.260 e. The molecule has 1 atom stereocenters.